The Morgan fingerprint density at radius 3 is 2.79 bits per heavy atom. The number of hydrogen-bond acceptors (Lipinski definition) is 4. The number of aryl methyl sites for hydroxylation is 2. The van der Waals surface area contributed by atoms with Crippen LogP contribution in [-0.2, 0) is 23.6 Å². The van der Waals surface area contributed by atoms with Gasteiger partial charge >= 0.3 is 0 Å². The van der Waals surface area contributed by atoms with Crippen molar-refractivity contribution in [3.05, 3.63) is 42.0 Å². The van der Waals surface area contributed by atoms with Gasteiger partial charge in [0.1, 0.15) is 4.90 Å². The molecular formula is C12H16N4O2S. The lowest BCUT2D eigenvalue weighted by atomic mass is 10.3. The average Bonchev–Trinajstić information content (AvgIpc) is 2.74. The topological polar surface area (TPSA) is 90.0 Å². The molecule has 102 valence electrons. The van der Waals surface area contributed by atoms with E-state index in [2.05, 4.69) is 9.71 Å². The molecule has 0 aliphatic heterocycles. The first-order valence-electron chi connectivity index (χ1n) is 5.74. The molecule has 2 rings (SSSR count). The molecule has 2 heterocycles. The molecule has 0 saturated carbocycles. The van der Waals surface area contributed by atoms with Crippen LogP contribution in [0.4, 0.5) is 5.69 Å². The van der Waals surface area contributed by atoms with E-state index in [-0.39, 0.29) is 11.4 Å². The van der Waals surface area contributed by atoms with Gasteiger partial charge in [-0.25, -0.2) is 8.42 Å². The van der Waals surface area contributed by atoms with Crippen LogP contribution in [0.5, 0.6) is 0 Å². The lowest BCUT2D eigenvalue weighted by molar-refractivity contribution is 0.601. The summed E-state index contributed by atoms with van der Waals surface area (Å²) in [5.74, 6) is 0. The maximum atomic E-state index is 12.2. The van der Waals surface area contributed by atoms with Crippen molar-refractivity contribution in [1.29, 1.82) is 0 Å². The molecule has 0 radical (unpaired) electrons. The lowest BCUT2D eigenvalue weighted by Gasteiger charge is -2.08. The summed E-state index contributed by atoms with van der Waals surface area (Å²) in [7, 11) is -1.85. The highest BCUT2D eigenvalue weighted by molar-refractivity contribution is 7.92. The van der Waals surface area contributed by atoms with Crippen molar-refractivity contribution in [3.8, 4) is 0 Å². The number of nitrogens with zero attached hydrogens (tertiary/aromatic N) is 2. The number of pyridine rings is 1. The van der Waals surface area contributed by atoms with Crippen LogP contribution in [0.15, 0.2) is 35.5 Å². The molecule has 0 fully saturated rings. The van der Waals surface area contributed by atoms with E-state index in [0.29, 0.717) is 11.4 Å². The third-order valence-corrected chi connectivity index (χ3v) is 4.19. The van der Waals surface area contributed by atoms with E-state index in [1.807, 2.05) is 0 Å². The van der Waals surface area contributed by atoms with Gasteiger partial charge in [0.05, 0.1) is 11.4 Å². The Hall–Kier alpha value is -1.86. The Kier molecular flexibility index (Phi) is 3.59. The Labute approximate surface area is 112 Å². The second kappa shape index (κ2) is 5.02. The monoisotopic (exact) mass is 280 g/mol. The fraction of sp³-hybridized carbons (Fsp3) is 0.250. The van der Waals surface area contributed by atoms with Gasteiger partial charge in [-0.2, -0.15) is 0 Å². The molecule has 0 aliphatic rings. The van der Waals surface area contributed by atoms with Crippen LogP contribution in [-0.4, -0.2) is 18.0 Å². The number of rotatable bonds is 4. The van der Waals surface area contributed by atoms with Crippen LogP contribution in [0.25, 0.3) is 0 Å². The van der Waals surface area contributed by atoms with Crippen LogP contribution in [0.3, 0.4) is 0 Å². The van der Waals surface area contributed by atoms with E-state index < -0.39 is 10.0 Å². The van der Waals surface area contributed by atoms with Gasteiger partial charge < -0.3 is 10.3 Å². The van der Waals surface area contributed by atoms with Gasteiger partial charge in [-0.3, -0.25) is 9.71 Å². The van der Waals surface area contributed by atoms with Crippen LogP contribution in [0.1, 0.15) is 11.4 Å². The first-order chi connectivity index (χ1) is 8.94. The molecule has 2 aromatic rings. The molecule has 0 spiro atoms. The zero-order valence-corrected chi connectivity index (χ0v) is 11.6. The number of sulfonamides is 1. The molecule has 6 nitrogen and oxygen atoms in total. The third-order valence-electron chi connectivity index (χ3n) is 2.85. The minimum absolute atomic E-state index is 0.193. The van der Waals surface area contributed by atoms with Gasteiger partial charge in [-0.1, -0.05) is 0 Å². The Morgan fingerprint density at radius 2 is 2.21 bits per heavy atom. The molecule has 3 N–H and O–H groups in total. The van der Waals surface area contributed by atoms with E-state index in [4.69, 9.17) is 5.73 Å². The van der Waals surface area contributed by atoms with Crippen molar-refractivity contribution in [2.24, 2.45) is 12.8 Å². The molecule has 0 amide bonds. The highest BCUT2D eigenvalue weighted by atomic mass is 32.2. The van der Waals surface area contributed by atoms with Gasteiger partial charge in [0.25, 0.3) is 10.0 Å². The second-order valence-corrected chi connectivity index (χ2v) is 5.91. The number of nitrogens with two attached hydrogens (primary N) is 1. The quantitative estimate of drug-likeness (QED) is 0.873. The van der Waals surface area contributed by atoms with Crippen LogP contribution < -0.4 is 10.5 Å². The van der Waals surface area contributed by atoms with Gasteiger partial charge in [0.2, 0.25) is 0 Å². The van der Waals surface area contributed by atoms with Crippen molar-refractivity contribution < 1.29 is 8.42 Å². The van der Waals surface area contributed by atoms with Crippen LogP contribution in [0, 0.1) is 6.92 Å². The first kappa shape index (κ1) is 13.6. The predicted octanol–water partition coefficient (Wildman–Crippen LogP) is 0.988. The van der Waals surface area contributed by atoms with Crippen molar-refractivity contribution in [2.45, 2.75) is 18.4 Å². The van der Waals surface area contributed by atoms with E-state index in [1.54, 1.807) is 42.9 Å². The van der Waals surface area contributed by atoms with Gasteiger partial charge in [0, 0.05) is 31.7 Å². The van der Waals surface area contributed by atoms with Crippen molar-refractivity contribution in [1.82, 2.24) is 9.55 Å². The fourth-order valence-electron chi connectivity index (χ4n) is 1.72. The largest absolute Gasteiger partial charge is 0.352 e. The minimum atomic E-state index is -3.61. The van der Waals surface area contributed by atoms with E-state index in [0.717, 1.165) is 5.69 Å². The summed E-state index contributed by atoms with van der Waals surface area (Å²) in [6, 6.07) is 4.92. The summed E-state index contributed by atoms with van der Waals surface area (Å²) in [6.07, 6.45) is 3.15. The first-order valence-corrected chi connectivity index (χ1v) is 7.22. The van der Waals surface area contributed by atoms with Gasteiger partial charge in [0.15, 0.2) is 0 Å². The number of anilines is 1. The summed E-state index contributed by atoms with van der Waals surface area (Å²) in [4.78, 5) is 4.24. The standard InChI is InChI=1S/C12H16N4O2S/c1-9-12(4-3-5-14-9)15-19(17,18)11-6-10(7-13)16(2)8-11/h3-6,8,15H,7,13H2,1-2H3. The normalized spacial score (nSPS) is 11.5. The van der Waals surface area contributed by atoms with E-state index in [9.17, 15) is 8.42 Å². The summed E-state index contributed by atoms with van der Waals surface area (Å²) < 4.78 is 28.7. The lowest BCUT2D eigenvalue weighted by Crippen LogP contribution is -2.13. The molecule has 2 aromatic heterocycles. The van der Waals surface area contributed by atoms with Crippen molar-refractivity contribution in [3.63, 3.8) is 0 Å². The maximum Gasteiger partial charge on any atom is 0.263 e. The Morgan fingerprint density at radius 1 is 1.47 bits per heavy atom. The zero-order valence-electron chi connectivity index (χ0n) is 10.8. The average molecular weight is 280 g/mol. The smallest absolute Gasteiger partial charge is 0.263 e. The van der Waals surface area contributed by atoms with Crippen molar-refractivity contribution in [2.75, 3.05) is 4.72 Å². The molecule has 0 saturated heterocycles. The Bertz CT molecular complexity index is 692. The summed E-state index contributed by atoms with van der Waals surface area (Å²) in [5.41, 5.74) is 7.39. The maximum absolute atomic E-state index is 12.2. The summed E-state index contributed by atoms with van der Waals surface area (Å²) >= 11 is 0. The highest BCUT2D eigenvalue weighted by Gasteiger charge is 2.18. The van der Waals surface area contributed by atoms with Crippen molar-refractivity contribution >= 4 is 15.7 Å². The number of aromatic nitrogens is 2. The highest BCUT2D eigenvalue weighted by Crippen LogP contribution is 2.19. The number of hydrogen-bond donors (Lipinski definition) is 2. The molecule has 0 unspecified atom stereocenters. The molecule has 19 heavy (non-hydrogen) atoms. The van der Waals surface area contributed by atoms with Crippen LogP contribution in [0.2, 0.25) is 0 Å². The SMILES string of the molecule is Cc1ncccc1NS(=O)(=O)c1cc(CN)n(C)c1. The summed E-state index contributed by atoms with van der Waals surface area (Å²) in [5, 5.41) is 0. The van der Waals surface area contributed by atoms with E-state index >= 15 is 0 Å². The van der Waals surface area contributed by atoms with Crippen LogP contribution >= 0.6 is 0 Å². The molecule has 0 atom stereocenters. The Balaban J connectivity index is 2.35. The fourth-order valence-corrected chi connectivity index (χ4v) is 2.93. The molecule has 7 heteroatoms. The molecular weight excluding hydrogens is 264 g/mol. The third kappa shape index (κ3) is 2.77. The molecule has 0 aliphatic carbocycles. The minimum Gasteiger partial charge on any atom is -0.352 e. The van der Waals surface area contributed by atoms with Gasteiger partial charge in [-0.05, 0) is 25.1 Å². The predicted molar refractivity (Wildman–Crippen MR) is 73.1 cm³/mol. The number of nitrogens with one attached hydrogen (secondary N) is 1. The van der Waals surface area contributed by atoms with E-state index in [1.165, 1.54) is 6.20 Å². The van der Waals surface area contributed by atoms with Gasteiger partial charge in [-0.15, -0.1) is 0 Å². The molecule has 0 aromatic carbocycles. The zero-order chi connectivity index (χ0) is 14.0. The summed E-state index contributed by atoms with van der Waals surface area (Å²) in [6.45, 7) is 2.03. The molecule has 0 bridgehead atoms. The second-order valence-electron chi connectivity index (χ2n) is 4.22.